The van der Waals surface area contributed by atoms with Crippen LogP contribution in [0, 0.1) is 6.58 Å². The number of nitrogens with one attached hydrogen (secondary N) is 1. The fourth-order valence-electron chi connectivity index (χ4n) is 0.226. The van der Waals surface area contributed by atoms with E-state index in [1.807, 2.05) is 13.1 Å². The quantitative estimate of drug-likeness (QED) is 0.475. The molecule has 0 aliphatic rings. The minimum atomic E-state index is 0. The Kier molecular flexibility index (Phi) is 11.9. The molecule has 0 heterocycles. The second kappa shape index (κ2) is 8.69. The van der Waals surface area contributed by atoms with Gasteiger partial charge in [-0.3, -0.25) is 0 Å². The van der Waals surface area contributed by atoms with Crippen molar-refractivity contribution in [1.29, 1.82) is 0 Å². The van der Waals surface area contributed by atoms with Gasteiger partial charge in [0.2, 0.25) is 0 Å². The zero-order chi connectivity index (χ0) is 6.41. The minimum absolute atomic E-state index is 0. The summed E-state index contributed by atoms with van der Waals surface area (Å²) in [6, 6.07) is 0. The molecule has 0 saturated carbocycles. The summed E-state index contributed by atoms with van der Waals surface area (Å²) in [6.07, 6.45) is 5.26. The first-order chi connectivity index (χ1) is 3.81. The van der Waals surface area contributed by atoms with E-state index in [0.29, 0.717) is 0 Å². The van der Waals surface area contributed by atoms with Crippen LogP contribution in [0.2, 0.25) is 0 Å². The SMILES string of the molecule is [CH-]=C/C=C\[C](=[W])NC.[W]. The van der Waals surface area contributed by atoms with Crippen LogP contribution in [0.4, 0.5) is 0 Å². The van der Waals surface area contributed by atoms with Crippen LogP contribution in [-0.4, -0.2) is 11.1 Å². The van der Waals surface area contributed by atoms with Gasteiger partial charge in [-0.25, -0.2) is 0 Å². The number of likely N-dealkylation sites (N-methyl/N-ethyl adjacent to an activating group) is 1. The molecule has 0 bridgehead atoms. The number of allylic oxidation sites excluding steroid dienone is 2. The van der Waals surface area contributed by atoms with Gasteiger partial charge in [0.15, 0.2) is 0 Å². The van der Waals surface area contributed by atoms with Gasteiger partial charge in [-0.2, -0.15) is 0 Å². The van der Waals surface area contributed by atoms with Gasteiger partial charge < -0.3 is 0 Å². The van der Waals surface area contributed by atoms with E-state index in [9.17, 15) is 0 Å². The van der Waals surface area contributed by atoms with Crippen LogP contribution in [-0.2, 0) is 40.4 Å². The molecule has 0 saturated heterocycles. The summed E-state index contributed by atoms with van der Waals surface area (Å²) in [5, 5.41) is 2.99. The van der Waals surface area contributed by atoms with Gasteiger partial charge in [0.1, 0.15) is 0 Å². The average molecular weight is 462 g/mol. The predicted octanol–water partition coefficient (Wildman–Crippen LogP) is 0.425. The molecular formula is C6H8NW2-. The van der Waals surface area contributed by atoms with E-state index >= 15 is 0 Å². The summed E-state index contributed by atoms with van der Waals surface area (Å²) in [6.45, 7) is 5.09. The first-order valence-electron chi connectivity index (χ1n) is 2.24. The molecule has 0 radical (unpaired) electrons. The molecule has 0 aromatic heterocycles. The average Bonchev–Trinajstić information content (AvgIpc) is 1.83. The molecule has 1 N–H and O–H groups in total. The van der Waals surface area contributed by atoms with Gasteiger partial charge in [-0.05, 0) is 0 Å². The molecule has 0 rings (SSSR count). The van der Waals surface area contributed by atoms with Crippen molar-refractivity contribution in [1.82, 2.24) is 5.32 Å². The monoisotopic (exact) mass is 462 g/mol. The Hall–Kier alpha value is 0.687. The van der Waals surface area contributed by atoms with Crippen molar-refractivity contribution in [3.05, 3.63) is 24.8 Å². The molecule has 9 heavy (non-hydrogen) atoms. The van der Waals surface area contributed by atoms with E-state index in [0.717, 1.165) is 0 Å². The first kappa shape index (κ1) is 12.4. The van der Waals surface area contributed by atoms with Crippen LogP contribution < -0.4 is 5.32 Å². The largest absolute Gasteiger partial charge is 0 e. The molecule has 0 aliphatic carbocycles. The van der Waals surface area contributed by atoms with Crippen LogP contribution in [0.5, 0.6) is 0 Å². The normalized spacial score (nSPS) is 8.56. The summed E-state index contributed by atoms with van der Waals surface area (Å²) in [4.78, 5) is 0. The summed E-state index contributed by atoms with van der Waals surface area (Å²) in [5.41, 5.74) is 0. The van der Waals surface area contributed by atoms with Crippen molar-refractivity contribution >= 4 is 4.02 Å². The molecule has 3 heteroatoms. The van der Waals surface area contributed by atoms with Crippen LogP contribution in [0.25, 0.3) is 0 Å². The van der Waals surface area contributed by atoms with Crippen LogP contribution in [0.1, 0.15) is 0 Å². The van der Waals surface area contributed by atoms with E-state index in [1.165, 1.54) is 29.5 Å². The third kappa shape index (κ3) is 8.69. The Morgan fingerprint density at radius 3 is 2.56 bits per heavy atom. The van der Waals surface area contributed by atoms with Gasteiger partial charge in [0, 0.05) is 21.1 Å². The maximum Gasteiger partial charge on any atom is 0 e. The molecule has 50 valence electrons. The Labute approximate surface area is 81.3 Å². The Morgan fingerprint density at radius 1 is 1.67 bits per heavy atom. The van der Waals surface area contributed by atoms with Gasteiger partial charge in [0.25, 0.3) is 0 Å². The molecule has 1 nitrogen and oxygen atoms in total. The molecule has 0 unspecified atom stereocenters. The zero-order valence-electron chi connectivity index (χ0n) is 5.13. The van der Waals surface area contributed by atoms with E-state index in [-0.39, 0.29) is 21.1 Å². The van der Waals surface area contributed by atoms with E-state index in [4.69, 9.17) is 6.58 Å². The summed E-state index contributed by atoms with van der Waals surface area (Å²) in [5.74, 6) is 0. The molecule has 0 atom stereocenters. The second-order valence-electron chi connectivity index (χ2n) is 1.17. The van der Waals surface area contributed by atoms with E-state index < -0.39 is 0 Å². The van der Waals surface area contributed by atoms with Crippen molar-refractivity contribution in [2.75, 3.05) is 7.05 Å². The molecule has 0 aromatic carbocycles. The third-order valence-electron chi connectivity index (χ3n) is 0.605. The van der Waals surface area contributed by atoms with Crippen LogP contribution in [0.3, 0.4) is 0 Å². The standard InChI is InChI=1S/C6H8N.2W/c1-3-4-5-6-7-2;;/h1,3-5,7H,2H3;;/q-1;;/b5-4-;;. The number of hydrogen-bond acceptors (Lipinski definition) is 1. The Balaban J connectivity index is 0. The van der Waals surface area contributed by atoms with Gasteiger partial charge in [-0.1, -0.05) is 0 Å². The molecule has 0 aromatic rings. The minimum Gasteiger partial charge on any atom is 0 e. The third-order valence-corrected chi connectivity index (χ3v) is 1.83. The van der Waals surface area contributed by atoms with E-state index in [1.54, 1.807) is 6.08 Å². The van der Waals surface area contributed by atoms with E-state index in [2.05, 4.69) is 5.32 Å². The fourth-order valence-corrected chi connectivity index (χ4v) is 0.509. The predicted molar refractivity (Wildman–Crippen MR) is 32.1 cm³/mol. The summed E-state index contributed by atoms with van der Waals surface area (Å²) in [7, 11) is 1.89. The summed E-state index contributed by atoms with van der Waals surface area (Å²) < 4.78 is 1.19. The summed E-state index contributed by atoms with van der Waals surface area (Å²) >= 11 is 1.42. The van der Waals surface area contributed by atoms with Crippen molar-refractivity contribution in [2.24, 2.45) is 0 Å². The van der Waals surface area contributed by atoms with Gasteiger partial charge in [-0.15, -0.1) is 0 Å². The fraction of sp³-hybridized carbons (Fsp3) is 0.167. The maximum atomic E-state index is 5.09. The van der Waals surface area contributed by atoms with Crippen LogP contribution in [0.15, 0.2) is 18.2 Å². The van der Waals surface area contributed by atoms with Crippen molar-refractivity contribution in [2.45, 2.75) is 0 Å². The maximum absolute atomic E-state index is 5.09. The Morgan fingerprint density at radius 2 is 2.22 bits per heavy atom. The van der Waals surface area contributed by atoms with Crippen molar-refractivity contribution in [3.63, 3.8) is 0 Å². The molecule has 0 spiro atoms. The van der Waals surface area contributed by atoms with Gasteiger partial charge >= 0.3 is 60.5 Å². The number of hydrogen-bond donors (Lipinski definition) is 1. The molecule has 0 amide bonds. The van der Waals surface area contributed by atoms with Gasteiger partial charge in [0.05, 0.1) is 0 Å². The molecule has 0 fully saturated rings. The van der Waals surface area contributed by atoms with Crippen molar-refractivity contribution in [3.8, 4) is 0 Å². The van der Waals surface area contributed by atoms with Crippen molar-refractivity contribution < 1.29 is 40.4 Å². The molecular weight excluding hydrogens is 454 g/mol. The molecule has 0 aliphatic heterocycles. The number of rotatable bonds is 3. The Bertz CT molecular complexity index is 118. The van der Waals surface area contributed by atoms with Crippen LogP contribution >= 0.6 is 0 Å². The topological polar surface area (TPSA) is 12.0 Å². The second-order valence-corrected chi connectivity index (χ2v) is 2.75. The first-order valence-corrected chi connectivity index (χ1v) is 3.71. The smallest absolute Gasteiger partial charge is 0 e. The zero-order valence-corrected chi connectivity index (χ0v) is 11.0.